The summed E-state index contributed by atoms with van der Waals surface area (Å²) in [5.41, 5.74) is -0.0626. The molecule has 0 aliphatic rings. The van der Waals surface area contributed by atoms with Crippen LogP contribution in [-0.4, -0.2) is 20.6 Å². The largest absolute Gasteiger partial charge is 0.358 e. The number of aromatic nitrogens is 2. The minimum Gasteiger partial charge on any atom is -0.358 e. The Morgan fingerprint density at radius 2 is 2.00 bits per heavy atom. The van der Waals surface area contributed by atoms with Crippen molar-refractivity contribution in [1.82, 2.24) is 15.3 Å². The number of hydrogen-bond donors (Lipinski definition) is 2. The third kappa shape index (κ3) is 5.03. The molecule has 0 aromatic carbocycles. The fourth-order valence-electron chi connectivity index (χ4n) is 0.865. The highest BCUT2D eigenvalue weighted by Gasteiger charge is 2.11. The van der Waals surface area contributed by atoms with Crippen LogP contribution in [0, 0.1) is 0 Å². The molecular formula is C9H13BrN4S. The first kappa shape index (κ1) is 12.3. The minimum atomic E-state index is -0.0626. The summed E-state index contributed by atoms with van der Waals surface area (Å²) in [7, 11) is 0. The number of thiocarbonyl (C=S) groups is 1. The molecule has 2 N–H and O–H groups in total. The number of rotatable bonds is 1. The third-order valence-corrected chi connectivity index (χ3v) is 1.96. The van der Waals surface area contributed by atoms with Crippen LogP contribution in [0.4, 0.5) is 5.82 Å². The molecule has 0 fully saturated rings. The number of nitrogens with one attached hydrogen (secondary N) is 2. The van der Waals surface area contributed by atoms with E-state index in [-0.39, 0.29) is 5.54 Å². The van der Waals surface area contributed by atoms with Crippen molar-refractivity contribution >= 4 is 39.1 Å². The molecule has 1 heterocycles. The topological polar surface area (TPSA) is 49.8 Å². The summed E-state index contributed by atoms with van der Waals surface area (Å²) in [4.78, 5) is 8.13. The fourth-order valence-corrected chi connectivity index (χ4v) is 1.48. The van der Waals surface area contributed by atoms with E-state index in [2.05, 4.69) is 36.5 Å². The van der Waals surface area contributed by atoms with Crippen molar-refractivity contribution in [3.05, 3.63) is 17.0 Å². The van der Waals surface area contributed by atoms with Crippen LogP contribution in [0.1, 0.15) is 20.8 Å². The Kier molecular flexibility index (Phi) is 3.98. The molecule has 4 nitrogen and oxygen atoms in total. The van der Waals surface area contributed by atoms with Gasteiger partial charge in [0.15, 0.2) is 10.9 Å². The molecule has 1 aromatic rings. The minimum absolute atomic E-state index is 0.0626. The summed E-state index contributed by atoms with van der Waals surface area (Å²) in [5, 5.41) is 6.62. The van der Waals surface area contributed by atoms with Crippen molar-refractivity contribution in [3.63, 3.8) is 0 Å². The number of hydrogen-bond acceptors (Lipinski definition) is 3. The summed E-state index contributed by atoms with van der Waals surface area (Å²) in [5.74, 6) is 0.625. The molecule has 0 saturated heterocycles. The maximum Gasteiger partial charge on any atom is 0.172 e. The number of anilines is 1. The van der Waals surface area contributed by atoms with Crippen molar-refractivity contribution in [2.45, 2.75) is 26.3 Å². The highest BCUT2D eigenvalue weighted by molar-refractivity contribution is 9.10. The van der Waals surface area contributed by atoms with Gasteiger partial charge >= 0.3 is 0 Å². The number of halogens is 1. The lowest BCUT2D eigenvalue weighted by molar-refractivity contribution is 0.515. The van der Waals surface area contributed by atoms with Gasteiger partial charge in [-0.1, -0.05) is 0 Å². The van der Waals surface area contributed by atoms with Crippen LogP contribution in [0.25, 0.3) is 0 Å². The lowest BCUT2D eigenvalue weighted by Gasteiger charge is -2.22. The maximum atomic E-state index is 5.12. The predicted octanol–water partition coefficient (Wildman–Crippen LogP) is 2.32. The first-order valence-corrected chi connectivity index (χ1v) is 5.64. The fraction of sp³-hybridized carbons (Fsp3) is 0.444. The Balaban J connectivity index is 2.55. The second-order valence-electron chi connectivity index (χ2n) is 4.05. The highest BCUT2D eigenvalue weighted by Crippen LogP contribution is 2.06. The summed E-state index contributed by atoms with van der Waals surface area (Å²) >= 11 is 8.33. The van der Waals surface area contributed by atoms with Crippen molar-refractivity contribution in [2.24, 2.45) is 0 Å². The van der Waals surface area contributed by atoms with Gasteiger partial charge in [0.1, 0.15) is 4.60 Å². The average Bonchev–Trinajstić information content (AvgIpc) is 2.05. The summed E-state index contributed by atoms with van der Waals surface area (Å²) in [6.07, 6.45) is 3.22. The van der Waals surface area contributed by atoms with Gasteiger partial charge in [-0.2, -0.15) is 0 Å². The van der Waals surface area contributed by atoms with Crippen LogP contribution in [0.3, 0.4) is 0 Å². The first-order chi connectivity index (χ1) is 6.87. The van der Waals surface area contributed by atoms with Gasteiger partial charge in [-0.15, -0.1) is 0 Å². The van der Waals surface area contributed by atoms with E-state index in [1.54, 1.807) is 12.4 Å². The van der Waals surface area contributed by atoms with Crippen molar-refractivity contribution in [3.8, 4) is 0 Å². The molecule has 6 heteroatoms. The molecule has 0 radical (unpaired) electrons. The molecule has 0 spiro atoms. The quantitative estimate of drug-likeness (QED) is 0.777. The zero-order chi connectivity index (χ0) is 11.5. The standard InChI is InChI=1S/C9H13BrN4S/c1-9(2,3)14-8(15)13-7-5-11-6(10)4-12-7/h4-5H,1-3H3,(H2,12,13,14,15). The molecular weight excluding hydrogens is 276 g/mol. The molecule has 0 atom stereocenters. The normalized spacial score (nSPS) is 10.9. The molecule has 0 amide bonds. The molecule has 0 aliphatic carbocycles. The zero-order valence-corrected chi connectivity index (χ0v) is 11.2. The second kappa shape index (κ2) is 4.85. The SMILES string of the molecule is CC(C)(C)NC(=S)Nc1cnc(Br)cn1. The van der Waals surface area contributed by atoms with Crippen LogP contribution >= 0.6 is 28.1 Å². The van der Waals surface area contributed by atoms with Crippen LogP contribution in [0.2, 0.25) is 0 Å². The highest BCUT2D eigenvalue weighted by atomic mass is 79.9. The lowest BCUT2D eigenvalue weighted by atomic mass is 10.1. The van der Waals surface area contributed by atoms with E-state index in [0.717, 1.165) is 0 Å². The van der Waals surface area contributed by atoms with Gasteiger partial charge in [0, 0.05) is 5.54 Å². The smallest absolute Gasteiger partial charge is 0.172 e. The third-order valence-electron chi connectivity index (χ3n) is 1.35. The molecule has 1 aromatic heterocycles. The van der Waals surface area contributed by atoms with E-state index in [9.17, 15) is 0 Å². The Bertz CT molecular complexity index is 344. The molecule has 82 valence electrons. The molecule has 15 heavy (non-hydrogen) atoms. The Labute approximate surface area is 103 Å². The lowest BCUT2D eigenvalue weighted by Crippen LogP contribution is -2.43. The van der Waals surface area contributed by atoms with Gasteiger partial charge in [0.25, 0.3) is 0 Å². The van der Waals surface area contributed by atoms with Crippen molar-refractivity contribution < 1.29 is 0 Å². The van der Waals surface area contributed by atoms with Gasteiger partial charge in [-0.05, 0) is 48.9 Å². The maximum absolute atomic E-state index is 5.12. The van der Waals surface area contributed by atoms with E-state index in [0.29, 0.717) is 15.5 Å². The zero-order valence-electron chi connectivity index (χ0n) is 8.84. The monoisotopic (exact) mass is 288 g/mol. The van der Waals surface area contributed by atoms with Crippen LogP contribution in [-0.2, 0) is 0 Å². The molecule has 1 rings (SSSR count). The van der Waals surface area contributed by atoms with Gasteiger partial charge in [0.2, 0.25) is 0 Å². The van der Waals surface area contributed by atoms with Crippen LogP contribution < -0.4 is 10.6 Å². The van der Waals surface area contributed by atoms with Gasteiger partial charge in [0.05, 0.1) is 12.4 Å². The summed E-state index contributed by atoms with van der Waals surface area (Å²) < 4.78 is 0.697. The second-order valence-corrected chi connectivity index (χ2v) is 5.27. The Morgan fingerprint density at radius 1 is 1.33 bits per heavy atom. The van der Waals surface area contributed by atoms with Gasteiger partial charge in [-0.3, -0.25) is 0 Å². The van der Waals surface area contributed by atoms with Crippen molar-refractivity contribution in [2.75, 3.05) is 5.32 Å². The predicted molar refractivity (Wildman–Crippen MR) is 68.8 cm³/mol. The van der Waals surface area contributed by atoms with E-state index in [4.69, 9.17) is 12.2 Å². The van der Waals surface area contributed by atoms with E-state index < -0.39 is 0 Å². The Hall–Kier alpha value is -0.750. The average molecular weight is 289 g/mol. The molecule has 0 aliphatic heterocycles. The number of nitrogens with zero attached hydrogens (tertiary/aromatic N) is 2. The summed E-state index contributed by atoms with van der Waals surface area (Å²) in [6, 6.07) is 0. The molecule has 0 unspecified atom stereocenters. The van der Waals surface area contributed by atoms with Crippen LogP contribution in [0.15, 0.2) is 17.0 Å². The molecule has 0 saturated carbocycles. The summed E-state index contributed by atoms with van der Waals surface area (Å²) in [6.45, 7) is 6.11. The van der Waals surface area contributed by atoms with E-state index in [1.807, 2.05) is 20.8 Å². The van der Waals surface area contributed by atoms with E-state index in [1.165, 1.54) is 0 Å². The van der Waals surface area contributed by atoms with E-state index >= 15 is 0 Å². The Morgan fingerprint density at radius 3 is 2.47 bits per heavy atom. The van der Waals surface area contributed by atoms with Crippen LogP contribution in [0.5, 0.6) is 0 Å². The van der Waals surface area contributed by atoms with Crippen molar-refractivity contribution in [1.29, 1.82) is 0 Å². The van der Waals surface area contributed by atoms with Gasteiger partial charge in [-0.25, -0.2) is 9.97 Å². The van der Waals surface area contributed by atoms with Gasteiger partial charge < -0.3 is 10.6 Å². The molecule has 0 bridgehead atoms. The first-order valence-electron chi connectivity index (χ1n) is 4.43.